The second kappa shape index (κ2) is 7.63. The maximum Gasteiger partial charge on any atom is 0.0243 e. The number of hydrogen-bond acceptors (Lipinski definition) is 1. The first kappa shape index (κ1) is 10.5. The lowest BCUT2D eigenvalue weighted by molar-refractivity contribution is 0.497. The molecule has 1 nitrogen and oxygen atoms in total. The summed E-state index contributed by atoms with van der Waals surface area (Å²) in [6, 6.07) is 0.609. The highest BCUT2D eigenvalue weighted by atomic mass is 14.9. The van der Waals surface area contributed by atoms with E-state index in [1.54, 1.807) is 0 Å². The van der Waals surface area contributed by atoms with E-state index >= 15 is 0 Å². The van der Waals surface area contributed by atoms with Gasteiger partial charge < -0.3 is 5.32 Å². The molecule has 0 rings (SSSR count). The van der Waals surface area contributed by atoms with Gasteiger partial charge >= 0.3 is 0 Å². The van der Waals surface area contributed by atoms with Crippen molar-refractivity contribution in [3.05, 3.63) is 0 Å². The smallest absolute Gasteiger partial charge is 0.0243 e. The topological polar surface area (TPSA) is 12.0 Å². The lowest BCUT2D eigenvalue weighted by Gasteiger charge is -2.12. The van der Waals surface area contributed by atoms with Gasteiger partial charge in [0.05, 0.1) is 0 Å². The molecule has 64 valence electrons. The Morgan fingerprint density at radius 2 is 2.09 bits per heavy atom. The minimum absolute atomic E-state index is 0.609. The molecule has 0 aromatic heterocycles. The summed E-state index contributed by atoms with van der Waals surface area (Å²) >= 11 is 0. The van der Waals surface area contributed by atoms with E-state index in [0.717, 1.165) is 13.0 Å². The summed E-state index contributed by atoms with van der Waals surface area (Å²) in [6.45, 7) is 7.30. The average Bonchev–Trinajstić information content (AvgIpc) is 2.01. The van der Waals surface area contributed by atoms with Gasteiger partial charge in [0.25, 0.3) is 0 Å². The van der Waals surface area contributed by atoms with Crippen molar-refractivity contribution in [2.75, 3.05) is 6.54 Å². The fraction of sp³-hybridized carbons (Fsp3) is 0.800. The molecule has 0 saturated carbocycles. The van der Waals surface area contributed by atoms with Crippen LogP contribution < -0.4 is 5.32 Å². The van der Waals surface area contributed by atoms with Crippen LogP contribution in [0.3, 0.4) is 0 Å². The summed E-state index contributed by atoms with van der Waals surface area (Å²) in [5.41, 5.74) is 0. The van der Waals surface area contributed by atoms with Crippen molar-refractivity contribution in [3.8, 4) is 11.8 Å². The van der Waals surface area contributed by atoms with E-state index in [1.165, 1.54) is 12.8 Å². The van der Waals surface area contributed by atoms with Crippen molar-refractivity contribution in [1.29, 1.82) is 0 Å². The quantitative estimate of drug-likeness (QED) is 0.597. The first-order chi connectivity index (χ1) is 5.35. The molecule has 0 saturated heterocycles. The third-order valence-corrected chi connectivity index (χ3v) is 1.66. The van der Waals surface area contributed by atoms with E-state index < -0.39 is 0 Å². The van der Waals surface area contributed by atoms with Crippen molar-refractivity contribution in [1.82, 2.24) is 5.32 Å². The molecule has 0 aliphatic carbocycles. The van der Waals surface area contributed by atoms with Crippen LogP contribution >= 0.6 is 0 Å². The maximum atomic E-state index is 3.42. The zero-order valence-electron chi connectivity index (χ0n) is 7.91. The maximum absolute atomic E-state index is 3.42. The zero-order chi connectivity index (χ0) is 8.53. The molecule has 1 N–H and O–H groups in total. The molecule has 1 atom stereocenters. The van der Waals surface area contributed by atoms with Crippen molar-refractivity contribution in [2.45, 2.75) is 46.1 Å². The van der Waals surface area contributed by atoms with Crippen molar-refractivity contribution < 1.29 is 0 Å². The van der Waals surface area contributed by atoms with Gasteiger partial charge in [-0.05, 0) is 19.9 Å². The molecule has 0 fully saturated rings. The van der Waals surface area contributed by atoms with E-state index in [2.05, 4.69) is 31.0 Å². The van der Waals surface area contributed by atoms with Gasteiger partial charge in [-0.2, -0.15) is 0 Å². The predicted molar refractivity (Wildman–Crippen MR) is 50.4 cm³/mol. The van der Waals surface area contributed by atoms with Gasteiger partial charge in [0.1, 0.15) is 0 Å². The molecule has 0 aliphatic rings. The van der Waals surface area contributed by atoms with Crippen LogP contribution in [-0.4, -0.2) is 12.6 Å². The van der Waals surface area contributed by atoms with Crippen molar-refractivity contribution in [2.24, 2.45) is 0 Å². The zero-order valence-corrected chi connectivity index (χ0v) is 7.91. The Kier molecular flexibility index (Phi) is 7.29. The molecule has 11 heavy (non-hydrogen) atoms. The summed E-state index contributed by atoms with van der Waals surface area (Å²) in [5, 5.41) is 3.42. The van der Waals surface area contributed by atoms with Crippen LogP contribution in [0.15, 0.2) is 0 Å². The van der Waals surface area contributed by atoms with Crippen molar-refractivity contribution in [3.63, 3.8) is 0 Å². The first-order valence-corrected chi connectivity index (χ1v) is 4.48. The van der Waals surface area contributed by atoms with E-state index in [-0.39, 0.29) is 0 Å². The summed E-state index contributed by atoms with van der Waals surface area (Å²) in [6.07, 6.45) is 3.48. The second-order valence-electron chi connectivity index (χ2n) is 2.67. The lowest BCUT2D eigenvalue weighted by Crippen LogP contribution is -2.28. The number of hydrogen-bond donors (Lipinski definition) is 1. The van der Waals surface area contributed by atoms with Gasteiger partial charge in [-0.25, -0.2) is 0 Å². The molecular formula is C10H19N. The summed E-state index contributed by atoms with van der Waals surface area (Å²) in [7, 11) is 0. The Bertz CT molecular complexity index is 124. The van der Waals surface area contributed by atoms with E-state index in [0.29, 0.717) is 6.04 Å². The normalized spacial score (nSPS) is 11.9. The third-order valence-electron chi connectivity index (χ3n) is 1.66. The standard InChI is InChI=1S/C10H19N/c1-4-7-9-10(8-5-2)11-6-3/h10-11H,5-6,8-9H2,1-3H3. The molecule has 0 radical (unpaired) electrons. The fourth-order valence-electron chi connectivity index (χ4n) is 1.14. The third kappa shape index (κ3) is 5.94. The summed E-state index contributed by atoms with van der Waals surface area (Å²) < 4.78 is 0. The minimum atomic E-state index is 0.609. The van der Waals surface area contributed by atoms with E-state index in [1.807, 2.05) is 6.92 Å². The largest absolute Gasteiger partial charge is 0.313 e. The van der Waals surface area contributed by atoms with E-state index in [4.69, 9.17) is 0 Å². The van der Waals surface area contributed by atoms with Crippen LogP contribution in [0.1, 0.15) is 40.0 Å². The molecule has 1 unspecified atom stereocenters. The molecule has 0 aromatic carbocycles. The first-order valence-electron chi connectivity index (χ1n) is 4.48. The van der Waals surface area contributed by atoms with Gasteiger partial charge in [0, 0.05) is 12.5 Å². The van der Waals surface area contributed by atoms with Crippen LogP contribution in [0.2, 0.25) is 0 Å². The van der Waals surface area contributed by atoms with Gasteiger partial charge in [-0.1, -0.05) is 20.3 Å². The Labute approximate surface area is 70.6 Å². The molecule has 1 heteroatoms. The SMILES string of the molecule is CC#CCC(CCC)NCC. The predicted octanol–water partition coefficient (Wildman–Crippen LogP) is 2.18. The molecule has 0 spiro atoms. The minimum Gasteiger partial charge on any atom is -0.313 e. The van der Waals surface area contributed by atoms with Crippen LogP contribution in [0.25, 0.3) is 0 Å². The Balaban J connectivity index is 3.56. The molecule has 0 bridgehead atoms. The van der Waals surface area contributed by atoms with Gasteiger partial charge in [0.2, 0.25) is 0 Å². The molecule has 0 heterocycles. The average molecular weight is 153 g/mol. The molecule has 0 aliphatic heterocycles. The Morgan fingerprint density at radius 3 is 2.55 bits per heavy atom. The number of rotatable bonds is 5. The fourth-order valence-corrected chi connectivity index (χ4v) is 1.14. The van der Waals surface area contributed by atoms with Crippen LogP contribution in [0.4, 0.5) is 0 Å². The highest BCUT2D eigenvalue weighted by Crippen LogP contribution is 1.99. The van der Waals surface area contributed by atoms with Crippen LogP contribution in [0.5, 0.6) is 0 Å². The summed E-state index contributed by atoms with van der Waals surface area (Å²) in [5.74, 6) is 6.03. The van der Waals surface area contributed by atoms with Gasteiger partial charge in [-0.15, -0.1) is 11.8 Å². The van der Waals surface area contributed by atoms with Gasteiger partial charge in [0.15, 0.2) is 0 Å². The molecule has 0 amide bonds. The monoisotopic (exact) mass is 153 g/mol. The highest BCUT2D eigenvalue weighted by molar-refractivity contribution is 4.97. The van der Waals surface area contributed by atoms with Crippen molar-refractivity contribution >= 4 is 0 Å². The molecule has 0 aromatic rings. The lowest BCUT2D eigenvalue weighted by atomic mass is 10.1. The van der Waals surface area contributed by atoms with Crippen LogP contribution in [0, 0.1) is 11.8 Å². The van der Waals surface area contributed by atoms with E-state index in [9.17, 15) is 0 Å². The Hall–Kier alpha value is -0.480. The Morgan fingerprint density at radius 1 is 1.36 bits per heavy atom. The molecular weight excluding hydrogens is 134 g/mol. The second-order valence-corrected chi connectivity index (χ2v) is 2.67. The number of nitrogens with one attached hydrogen (secondary N) is 1. The van der Waals surface area contributed by atoms with Gasteiger partial charge in [-0.3, -0.25) is 0 Å². The summed E-state index contributed by atoms with van der Waals surface area (Å²) in [4.78, 5) is 0. The van der Waals surface area contributed by atoms with Crippen LogP contribution in [-0.2, 0) is 0 Å². The highest BCUT2D eigenvalue weighted by Gasteiger charge is 2.01.